The molecule has 0 saturated heterocycles. The Balaban J connectivity index is 2.81. The first kappa shape index (κ1) is 17.3. The van der Waals surface area contributed by atoms with Gasteiger partial charge in [-0.05, 0) is 51.5 Å². The molecular formula is C16H24ClIN2Si. The first-order valence-corrected chi connectivity index (χ1v) is 11.2. The molecule has 2 heterocycles. The molecule has 0 amide bonds. The summed E-state index contributed by atoms with van der Waals surface area (Å²) in [6.07, 6.45) is 4.05. The van der Waals surface area contributed by atoms with Gasteiger partial charge in [0, 0.05) is 15.2 Å². The van der Waals surface area contributed by atoms with Gasteiger partial charge in [0.25, 0.3) is 0 Å². The van der Waals surface area contributed by atoms with Crippen LogP contribution in [-0.4, -0.2) is 17.5 Å². The third kappa shape index (κ3) is 2.57. The SMILES string of the molecule is CC(C)[Si](C(C)C)(C(C)C)n1ccc2c(I)c(Cl)cnc21. The van der Waals surface area contributed by atoms with E-state index in [-0.39, 0.29) is 0 Å². The summed E-state index contributed by atoms with van der Waals surface area (Å²) in [7, 11) is -1.75. The minimum atomic E-state index is -1.75. The lowest BCUT2D eigenvalue weighted by Crippen LogP contribution is -2.51. The van der Waals surface area contributed by atoms with Crippen molar-refractivity contribution in [2.75, 3.05) is 0 Å². The van der Waals surface area contributed by atoms with Crippen molar-refractivity contribution in [3.63, 3.8) is 0 Å². The van der Waals surface area contributed by atoms with Gasteiger partial charge in [-0.3, -0.25) is 0 Å². The molecule has 5 heteroatoms. The highest BCUT2D eigenvalue weighted by molar-refractivity contribution is 14.1. The maximum absolute atomic E-state index is 6.23. The topological polar surface area (TPSA) is 17.8 Å². The van der Waals surface area contributed by atoms with Crippen LogP contribution in [0.2, 0.25) is 21.6 Å². The lowest BCUT2D eigenvalue weighted by Gasteiger charge is -2.44. The van der Waals surface area contributed by atoms with E-state index >= 15 is 0 Å². The van der Waals surface area contributed by atoms with E-state index in [1.54, 1.807) is 6.20 Å². The summed E-state index contributed by atoms with van der Waals surface area (Å²) in [6, 6.07) is 2.19. The zero-order valence-electron chi connectivity index (χ0n) is 13.6. The van der Waals surface area contributed by atoms with E-state index in [4.69, 9.17) is 11.6 Å². The van der Waals surface area contributed by atoms with E-state index in [2.05, 4.69) is 85.6 Å². The van der Waals surface area contributed by atoms with Gasteiger partial charge in [-0.15, -0.1) is 0 Å². The van der Waals surface area contributed by atoms with Gasteiger partial charge < -0.3 is 4.23 Å². The molecule has 0 N–H and O–H groups in total. The molecule has 2 aromatic rings. The summed E-state index contributed by atoms with van der Waals surface area (Å²) in [5.41, 5.74) is 3.07. The third-order valence-corrected chi connectivity index (χ3v) is 13.3. The number of halogens is 2. The minimum absolute atomic E-state index is 0.656. The molecule has 0 aliphatic heterocycles. The van der Waals surface area contributed by atoms with Crippen LogP contribution in [-0.2, 0) is 0 Å². The highest BCUT2D eigenvalue weighted by atomic mass is 127. The maximum atomic E-state index is 6.23. The first-order valence-electron chi connectivity index (χ1n) is 7.56. The van der Waals surface area contributed by atoms with E-state index in [9.17, 15) is 0 Å². The Hall–Kier alpha value is -0.0731. The van der Waals surface area contributed by atoms with Gasteiger partial charge in [-0.1, -0.05) is 53.1 Å². The minimum Gasteiger partial charge on any atom is -0.359 e. The van der Waals surface area contributed by atoms with Crippen LogP contribution in [0.1, 0.15) is 41.5 Å². The van der Waals surface area contributed by atoms with Gasteiger partial charge in [0.05, 0.1) is 5.02 Å². The largest absolute Gasteiger partial charge is 0.359 e. The lowest BCUT2D eigenvalue weighted by atomic mass is 10.3. The molecule has 0 bridgehead atoms. The number of hydrogen-bond donors (Lipinski definition) is 0. The number of hydrogen-bond acceptors (Lipinski definition) is 1. The molecule has 0 spiro atoms. The normalized spacial score (nSPS) is 13.1. The molecule has 2 nitrogen and oxygen atoms in total. The van der Waals surface area contributed by atoms with Crippen LogP contribution < -0.4 is 0 Å². The Kier molecular flexibility index (Phi) is 5.10. The van der Waals surface area contributed by atoms with Crippen molar-refractivity contribution in [3.05, 3.63) is 27.1 Å². The molecule has 2 rings (SSSR count). The van der Waals surface area contributed by atoms with Gasteiger partial charge in [0.15, 0.2) is 8.24 Å². The van der Waals surface area contributed by atoms with Crippen LogP contribution in [0.15, 0.2) is 18.5 Å². The maximum Gasteiger partial charge on any atom is 0.171 e. The zero-order valence-corrected chi connectivity index (χ0v) is 17.5. The third-order valence-electron chi connectivity index (χ3n) is 4.80. The van der Waals surface area contributed by atoms with E-state index in [1.165, 1.54) is 5.39 Å². The average Bonchev–Trinajstić information content (AvgIpc) is 2.78. The van der Waals surface area contributed by atoms with Crippen LogP contribution in [0.3, 0.4) is 0 Å². The summed E-state index contributed by atoms with van der Waals surface area (Å²) in [6.45, 7) is 14.2. The summed E-state index contributed by atoms with van der Waals surface area (Å²) >= 11 is 8.56. The van der Waals surface area contributed by atoms with E-state index in [0.717, 1.165) is 14.2 Å². The second kappa shape index (κ2) is 6.20. The smallest absolute Gasteiger partial charge is 0.171 e. The number of nitrogens with zero attached hydrogens (tertiary/aromatic N) is 2. The fraction of sp³-hybridized carbons (Fsp3) is 0.562. The Morgan fingerprint density at radius 2 is 1.62 bits per heavy atom. The van der Waals surface area contributed by atoms with Crippen LogP contribution in [0.25, 0.3) is 11.0 Å². The Morgan fingerprint density at radius 1 is 1.10 bits per heavy atom. The summed E-state index contributed by atoms with van der Waals surface area (Å²) in [5.74, 6) is 0. The lowest BCUT2D eigenvalue weighted by molar-refractivity contribution is 0.770. The van der Waals surface area contributed by atoms with Gasteiger partial charge >= 0.3 is 0 Å². The molecule has 0 aromatic carbocycles. The van der Waals surface area contributed by atoms with Crippen LogP contribution in [0.5, 0.6) is 0 Å². The fourth-order valence-electron chi connectivity index (χ4n) is 4.18. The molecule has 0 atom stereocenters. The van der Waals surface area contributed by atoms with Crippen molar-refractivity contribution in [1.82, 2.24) is 9.22 Å². The molecule has 21 heavy (non-hydrogen) atoms. The van der Waals surface area contributed by atoms with E-state index in [1.807, 2.05) is 0 Å². The molecule has 0 aliphatic rings. The Labute approximate surface area is 147 Å². The first-order chi connectivity index (χ1) is 9.74. The van der Waals surface area contributed by atoms with Crippen molar-refractivity contribution in [3.8, 4) is 0 Å². The molecule has 0 aliphatic carbocycles. The molecular weight excluding hydrogens is 411 g/mol. The van der Waals surface area contributed by atoms with Crippen molar-refractivity contribution in [1.29, 1.82) is 0 Å². The highest BCUT2D eigenvalue weighted by Crippen LogP contribution is 2.44. The van der Waals surface area contributed by atoms with E-state index in [0.29, 0.717) is 16.6 Å². The molecule has 2 aromatic heterocycles. The highest BCUT2D eigenvalue weighted by Gasteiger charge is 2.46. The van der Waals surface area contributed by atoms with Crippen molar-refractivity contribution in [2.24, 2.45) is 0 Å². The Morgan fingerprint density at radius 3 is 2.10 bits per heavy atom. The second-order valence-corrected chi connectivity index (χ2v) is 13.9. The predicted molar refractivity (Wildman–Crippen MR) is 104 cm³/mol. The van der Waals surface area contributed by atoms with Gasteiger partial charge in [0.2, 0.25) is 0 Å². The number of fused-ring (bicyclic) bond motifs is 1. The van der Waals surface area contributed by atoms with Crippen LogP contribution >= 0.6 is 34.2 Å². The second-order valence-electron chi connectivity index (χ2n) is 6.69. The van der Waals surface area contributed by atoms with Crippen molar-refractivity contribution < 1.29 is 0 Å². The van der Waals surface area contributed by atoms with Crippen LogP contribution in [0.4, 0.5) is 0 Å². The molecule has 0 unspecified atom stereocenters. The van der Waals surface area contributed by atoms with Crippen molar-refractivity contribution in [2.45, 2.75) is 58.2 Å². The summed E-state index contributed by atoms with van der Waals surface area (Å²) < 4.78 is 3.64. The number of aromatic nitrogens is 2. The average molecular weight is 435 g/mol. The molecule has 116 valence electrons. The van der Waals surface area contributed by atoms with Gasteiger partial charge in [-0.2, -0.15) is 0 Å². The Bertz CT molecular complexity index is 627. The van der Waals surface area contributed by atoms with Gasteiger partial charge in [0.1, 0.15) is 5.65 Å². The predicted octanol–water partition coefficient (Wildman–Crippen LogP) is 6.32. The standard InChI is InChI=1S/C16H24ClIN2Si/c1-10(2)21(11(3)4,12(5)6)20-8-7-13-15(18)14(17)9-19-16(13)20/h7-12H,1-6H3. The number of rotatable bonds is 4. The van der Waals surface area contributed by atoms with Crippen LogP contribution in [0, 0.1) is 3.57 Å². The van der Waals surface area contributed by atoms with Gasteiger partial charge in [-0.25, -0.2) is 4.98 Å². The van der Waals surface area contributed by atoms with Crippen molar-refractivity contribution >= 4 is 53.5 Å². The summed E-state index contributed by atoms with van der Waals surface area (Å²) in [5, 5.41) is 1.92. The summed E-state index contributed by atoms with van der Waals surface area (Å²) in [4.78, 5) is 4.68. The van der Waals surface area contributed by atoms with E-state index < -0.39 is 8.24 Å². The zero-order chi connectivity index (χ0) is 15.9. The molecule has 0 saturated carbocycles. The monoisotopic (exact) mass is 434 g/mol. The number of pyridine rings is 1. The fourth-order valence-corrected chi connectivity index (χ4v) is 11.4. The quantitative estimate of drug-likeness (QED) is 0.407. The molecule has 0 fully saturated rings. The molecule has 0 radical (unpaired) electrons.